The van der Waals surface area contributed by atoms with Crippen LogP contribution in [0.15, 0.2) is 18.2 Å². The molecule has 72 valence electrons. The minimum atomic E-state index is -1.61. The first-order chi connectivity index (χ1) is 6.02. The summed E-state index contributed by atoms with van der Waals surface area (Å²) in [7, 11) is 0. The van der Waals surface area contributed by atoms with Gasteiger partial charge in [-0.15, -0.1) is 0 Å². The third-order valence-electron chi connectivity index (χ3n) is 1.52. The Kier molecular flexibility index (Phi) is 5.48. The van der Waals surface area contributed by atoms with Crippen LogP contribution in [0.25, 0.3) is 0 Å². The van der Waals surface area contributed by atoms with Crippen molar-refractivity contribution < 1.29 is 51.1 Å². The number of hydrogen-bond acceptors (Lipinski definition) is 3. The quantitative estimate of drug-likeness (QED) is 0.525. The van der Waals surface area contributed by atoms with Crippen molar-refractivity contribution in [3.8, 4) is 5.75 Å². The Bertz CT molecular complexity index is 347. The topological polar surface area (TPSA) is 77.8 Å². The zero-order valence-electron chi connectivity index (χ0n) is 8.44. The van der Waals surface area contributed by atoms with Crippen molar-refractivity contribution in [2.45, 2.75) is 6.10 Å². The summed E-state index contributed by atoms with van der Waals surface area (Å²) in [5, 5.41) is 26.5. The van der Waals surface area contributed by atoms with E-state index in [9.17, 15) is 4.79 Å². The van der Waals surface area contributed by atoms with Crippen molar-refractivity contribution in [3.63, 3.8) is 0 Å². The summed E-state index contributed by atoms with van der Waals surface area (Å²) >= 11 is 5.51. The molecule has 1 atom stereocenters. The van der Waals surface area contributed by atoms with E-state index in [4.69, 9.17) is 26.9 Å². The van der Waals surface area contributed by atoms with Crippen LogP contribution in [0.5, 0.6) is 5.75 Å². The van der Waals surface area contributed by atoms with Gasteiger partial charge in [0.1, 0.15) is 5.75 Å². The maximum absolute atomic E-state index is 10.3. The van der Waals surface area contributed by atoms with Gasteiger partial charge in [-0.2, -0.15) is 0 Å². The number of carboxylic acid groups (broad SMARTS) is 1. The SMILES string of the molecule is O=C(O)[C@H](O)c1ccc(O)c(Cl)c1.[H-].[Na+]. The molecule has 0 saturated heterocycles. The number of aromatic hydroxyl groups is 1. The van der Waals surface area contributed by atoms with Crippen LogP contribution in [-0.2, 0) is 4.79 Å². The summed E-state index contributed by atoms with van der Waals surface area (Å²) < 4.78 is 0. The third kappa shape index (κ3) is 3.15. The predicted molar refractivity (Wildman–Crippen MR) is 46.8 cm³/mol. The Morgan fingerprint density at radius 1 is 1.50 bits per heavy atom. The van der Waals surface area contributed by atoms with E-state index in [2.05, 4.69) is 0 Å². The minimum absolute atomic E-state index is 0. The van der Waals surface area contributed by atoms with Gasteiger partial charge >= 0.3 is 35.5 Å². The van der Waals surface area contributed by atoms with Gasteiger partial charge < -0.3 is 16.7 Å². The number of phenolic OH excluding ortho intramolecular Hbond substituents is 1. The van der Waals surface area contributed by atoms with Gasteiger partial charge in [-0.1, -0.05) is 17.7 Å². The molecule has 0 aliphatic carbocycles. The number of carbonyl (C=O) groups is 1. The fraction of sp³-hybridized carbons (Fsp3) is 0.125. The first-order valence-electron chi connectivity index (χ1n) is 3.41. The van der Waals surface area contributed by atoms with Crippen molar-refractivity contribution in [1.29, 1.82) is 0 Å². The van der Waals surface area contributed by atoms with Gasteiger partial charge in [-0.25, -0.2) is 4.79 Å². The molecule has 0 spiro atoms. The van der Waals surface area contributed by atoms with Crippen LogP contribution in [0.2, 0.25) is 5.02 Å². The number of aliphatic hydroxyl groups excluding tert-OH is 1. The number of halogens is 1. The summed E-state index contributed by atoms with van der Waals surface area (Å²) in [6.45, 7) is 0. The molecule has 0 aliphatic heterocycles. The number of benzene rings is 1. The molecule has 1 aromatic carbocycles. The largest absolute Gasteiger partial charge is 1.00 e. The van der Waals surface area contributed by atoms with Crippen molar-refractivity contribution in [2.24, 2.45) is 0 Å². The Balaban J connectivity index is 0. The number of aliphatic hydroxyl groups is 1. The Hall–Kier alpha value is -0.260. The normalized spacial score (nSPS) is 11.6. The molecule has 14 heavy (non-hydrogen) atoms. The molecule has 0 saturated carbocycles. The van der Waals surface area contributed by atoms with Gasteiger partial charge in [0.15, 0.2) is 6.10 Å². The summed E-state index contributed by atoms with van der Waals surface area (Å²) in [6.07, 6.45) is -1.61. The standard InChI is InChI=1S/C8H7ClO4.Na.H/c9-5-3-4(1-2-6(5)10)7(11)8(12)13;;/h1-3,7,10-11H,(H,12,13);;/q;+1;-1/t7-;;/m1../s1. The fourth-order valence-electron chi connectivity index (χ4n) is 0.836. The van der Waals surface area contributed by atoms with E-state index in [1.54, 1.807) is 0 Å². The summed E-state index contributed by atoms with van der Waals surface area (Å²) in [4.78, 5) is 10.3. The molecule has 6 heteroatoms. The van der Waals surface area contributed by atoms with Crippen LogP contribution in [0.1, 0.15) is 13.1 Å². The average Bonchev–Trinajstić information content (AvgIpc) is 2.08. The van der Waals surface area contributed by atoms with E-state index in [1.165, 1.54) is 18.2 Å². The van der Waals surface area contributed by atoms with Crippen LogP contribution in [0.3, 0.4) is 0 Å². The van der Waals surface area contributed by atoms with Crippen molar-refractivity contribution in [2.75, 3.05) is 0 Å². The molecule has 0 bridgehead atoms. The zero-order valence-corrected chi connectivity index (χ0v) is 10.2. The molecule has 0 heterocycles. The molecular formula is C8H8ClNaO4. The maximum Gasteiger partial charge on any atom is 1.00 e. The summed E-state index contributed by atoms with van der Waals surface area (Å²) in [5.41, 5.74) is 0.135. The van der Waals surface area contributed by atoms with Crippen LogP contribution < -0.4 is 29.6 Å². The van der Waals surface area contributed by atoms with Gasteiger partial charge in [-0.05, 0) is 17.7 Å². The van der Waals surface area contributed by atoms with Gasteiger partial charge in [0.05, 0.1) is 5.02 Å². The molecule has 0 aromatic heterocycles. The average molecular weight is 227 g/mol. The van der Waals surface area contributed by atoms with Gasteiger partial charge in [0.25, 0.3) is 0 Å². The van der Waals surface area contributed by atoms with E-state index in [-0.39, 0.29) is 47.3 Å². The molecule has 3 N–H and O–H groups in total. The molecule has 1 rings (SSSR count). The van der Waals surface area contributed by atoms with Gasteiger partial charge in [-0.3, -0.25) is 0 Å². The fourth-order valence-corrected chi connectivity index (χ4v) is 1.02. The number of rotatable bonds is 2. The summed E-state index contributed by atoms with van der Waals surface area (Å²) in [6, 6.07) is 3.72. The molecule has 0 aliphatic rings. The zero-order chi connectivity index (χ0) is 10.0. The molecular weight excluding hydrogens is 219 g/mol. The smallest absolute Gasteiger partial charge is 1.00 e. The monoisotopic (exact) mass is 226 g/mol. The molecule has 1 aromatic rings. The Morgan fingerprint density at radius 3 is 2.50 bits per heavy atom. The van der Waals surface area contributed by atoms with E-state index in [0.717, 1.165) is 0 Å². The Labute approximate surface area is 109 Å². The molecule has 4 nitrogen and oxygen atoms in total. The van der Waals surface area contributed by atoms with Crippen molar-refractivity contribution in [3.05, 3.63) is 28.8 Å². The second kappa shape index (κ2) is 5.58. The molecule has 0 unspecified atom stereocenters. The number of phenols is 1. The summed E-state index contributed by atoms with van der Waals surface area (Å²) in [5.74, 6) is -1.51. The predicted octanol–water partition coefficient (Wildman–Crippen LogP) is -1.72. The second-order valence-corrected chi connectivity index (χ2v) is 2.86. The van der Waals surface area contributed by atoms with E-state index in [0.29, 0.717) is 0 Å². The number of aliphatic carboxylic acids is 1. The van der Waals surface area contributed by atoms with Gasteiger partial charge in [0.2, 0.25) is 0 Å². The minimum Gasteiger partial charge on any atom is -1.00 e. The molecule has 0 fully saturated rings. The first-order valence-corrected chi connectivity index (χ1v) is 3.79. The van der Waals surface area contributed by atoms with Crippen LogP contribution in [0.4, 0.5) is 0 Å². The van der Waals surface area contributed by atoms with Crippen molar-refractivity contribution >= 4 is 17.6 Å². The second-order valence-electron chi connectivity index (χ2n) is 2.45. The van der Waals surface area contributed by atoms with Crippen LogP contribution >= 0.6 is 11.6 Å². The maximum atomic E-state index is 10.3. The third-order valence-corrected chi connectivity index (χ3v) is 1.82. The molecule has 0 amide bonds. The Morgan fingerprint density at radius 2 is 2.07 bits per heavy atom. The van der Waals surface area contributed by atoms with Crippen LogP contribution in [-0.4, -0.2) is 21.3 Å². The van der Waals surface area contributed by atoms with E-state index >= 15 is 0 Å². The van der Waals surface area contributed by atoms with Crippen molar-refractivity contribution in [1.82, 2.24) is 0 Å². The first kappa shape index (κ1) is 13.7. The van der Waals surface area contributed by atoms with E-state index < -0.39 is 12.1 Å². The van der Waals surface area contributed by atoms with Gasteiger partial charge in [0, 0.05) is 0 Å². The number of hydrogen-bond donors (Lipinski definition) is 3. The van der Waals surface area contributed by atoms with Crippen LogP contribution in [0, 0.1) is 0 Å². The molecule has 0 radical (unpaired) electrons. The van der Waals surface area contributed by atoms with E-state index in [1.807, 2.05) is 0 Å². The number of carboxylic acids is 1.